The largest absolute Gasteiger partial charge is 0.348 e. The van der Waals surface area contributed by atoms with Crippen molar-refractivity contribution in [2.45, 2.75) is 17.9 Å². The number of nitrogens with zero attached hydrogens (tertiary/aromatic N) is 4. The molecule has 1 aromatic heterocycles. The third-order valence-electron chi connectivity index (χ3n) is 4.50. The normalized spacial score (nSPS) is 16.8. The molecule has 0 radical (unpaired) electrons. The summed E-state index contributed by atoms with van der Waals surface area (Å²) in [4.78, 5) is 20.5. The van der Waals surface area contributed by atoms with Crippen LogP contribution in [0.5, 0.6) is 0 Å². The molecule has 1 amide bonds. The van der Waals surface area contributed by atoms with Gasteiger partial charge < -0.3 is 5.32 Å². The number of rotatable bonds is 5. The van der Waals surface area contributed by atoms with E-state index in [1.807, 2.05) is 31.2 Å². The van der Waals surface area contributed by atoms with Crippen LogP contribution in [0.1, 0.15) is 24.1 Å². The van der Waals surface area contributed by atoms with Crippen LogP contribution in [0.15, 0.2) is 71.1 Å². The predicted octanol–water partition coefficient (Wildman–Crippen LogP) is 1.18. The molecule has 0 saturated carbocycles. The van der Waals surface area contributed by atoms with E-state index in [9.17, 15) is 13.2 Å². The molecule has 0 bridgehead atoms. The van der Waals surface area contributed by atoms with E-state index in [1.54, 1.807) is 29.2 Å². The summed E-state index contributed by atoms with van der Waals surface area (Å²) in [6.45, 7) is 1.68. The lowest BCUT2D eigenvalue weighted by molar-refractivity contribution is -0.120. The number of hydrogen-bond donors (Lipinski definition) is 2. The maximum atomic E-state index is 12.3. The highest BCUT2D eigenvalue weighted by molar-refractivity contribution is 7.90. The van der Waals surface area contributed by atoms with Crippen LogP contribution in [0.25, 0.3) is 5.69 Å². The summed E-state index contributed by atoms with van der Waals surface area (Å²) < 4.78 is 28.2. The van der Waals surface area contributed by atoms with Gasteiger partial charge in [0.05, 0.1) is 16.6 Å². The summed E-state index contributed by atoms with van der Waals surface area (Å²) in [6.07, 6.45) is 3.07. The zero-order chi connectivity index (χ0) is 20.4. The van der Waals surface area contributed by atoms with E-state index in [4.69, 9.17) is 0 Å². The van der Waals surface area contributed by atoms with Crippen LogP contribution in [0.4, 0.5) is 0 Å². The number of aromatic nitrogens is 3. The van der Waals surface area contributed by atoms with Crippen LogP contribution in [-0.4, -0.2) is 41.5 Å². The molecular formula is C19H18N6O3S. The van der Waals surface area contributed by atoms with Gasteiger partial charge in [0.1, 0.15) is 25.0 Å². The first kappa shape index (κ1) is 18.8. The van der Waals surface area contributed by atoms with E-state index in [0.717, 1.165) is 11.3 Å². The number of sulfonamides is 1. The minimum absolute atomic E-state index is 0.167. The standard InChI is InChI=1S/C19H18N6O3S/c1-13(14-6-8-15(9-7-14)25-12-20-11-22-25)23-18(26)10-21-19-16-4-2-3-5-17(16)29(27,28)24-19/h2-9,11-13H,10H2,1H3,(H,21,24)(H,23,26). The van der Waals surface area contributed by atoms with E-state index in [2.05, 4.69) is 25.1 Å². The molecule has 1 unspecified atom stereocenters. The lowest BCUT2D eigenvalue weighted by Gasteiger charge is -2.14. The highest BCUT2D eigenvalue weighted by Crippen LogP contribution is 2.22. The fourth-order valence-electron chi connectivity index (χ4n) is 3.03. The molecule has 3 aromatic rings. The van der Waals surface area contributed by atoms with Crippen molar-refractivity contribution in [2.75, 3.05) is 6.54 Å². The molecule has 2 N–H and O–H groups in total. The molecule has 1 aliphatic heterocycles. The molecule has 0 aliphatic carbocycles. The Kier molecular flexibility index (Phi) is 4.85. The smallest absolute Gasteiger partial charge is 0.263 e. The maximum Gasteiger partial charge on any atom is 0.263 e. The van der Waals surface area contributed by atoms with Gasteiger partial charge in [-0.2, -0.15) is 5.10 Å². The number of hydrogen-bond acceptors (Lipinski definition) is 6. The van der Waals surface area contributed by atoms with Crippen LogP contribution >= 0.6 is 0 Å². The second-order valence-corrected chi connectivity index (χ2v) is 8.14. The Morgan fingerprint density at radius 1 is 1.21 bits per heavy atom. The zero-order valence-corrected chi connectivity index (χ0v) is 16.3. The lowest BCUT2D eigenvalue weighted by atomic mass is 10.1. The molecule has 1 aliphatic rings. The van der Waals surface area contributed by atoms with Gasteiger partial charge in [0.2, 0.25) is 5.91 Å². The van der Waals surface area contributed by atoms with Crippen molar-refractivity contribution in [3.05, 3.63) is 72.3 Å². The summed E-state index contributed by atoms with van der Waals surface area (Å²) in [7, 11) is -3.62. The Hall–Kier alpha value is -3.53. The summed E-state index contributed by atoms with van der Waals surface area (Å²) in [6, 6.07) is 13.9. The first-order chi connectivity index (χ1) is 13.9. The number of aliphatic imine (C=N–C) groups is 1. The SMILES string of the molecule is CC(NC(=O)CN=C1NS(=O)(=O)c2ccccc21)c1ccc(-n2cncn2)cc1. The van der Waals surface area contributed by atoms with Crippen molar-refractivity contribution < 1.29 is 13.2 Å². The Morgan fingerprint density at radius 2 is 1.97 bits per heavy atom. The van der Waals surface area contributed by atoms with E-state index in [0.29, 0.717) is 5.56 Å². The van der Waals surface area contributed by atoms with Gasteiger partial charge in [-0.15, -0.1) is 0 Å². The van der Waals surface area contributed by atoms with E-state index >= 15 is 0 Å². The highest BCUT2D eigenvalue weighted by Gasteiger charge is 2.30. The zero-order valence-electron chi connectivity index (χ0n) is 15.5. The van der Waals surface area contributed by atoms with Crippen LogP contribution < -0.4 is 10.0 Å². The molecule has 2 heterocycles. The maximum absolute atomic E-state index is 12.3. The van der Waals surface area contributed by atoms with Gasteiger partial charge in [0.25, 0.3) is 10.0 Å². The molecule has 148 valence electrons. The average molecular weight is 410 g/mol. The van der Waals surface area contributed by atoms with E-state index < -0.39 is 10.0 Å². The predicted molar refractivity (Wildman–Crippen MR) is 106 cm³/mol. The summed E-state index contributed by atoms with van der Waals surface area (Å²) >= 11 is 0. The number of carbonyl (C=O) groups is 1. The Labute approximate surface area is 167 Å². The fourth-order valence-corrected chi connectivity index (χ4v) is 4.28. The number of fused-ring (bicyclic) bond motifs is 1. The number of amides is 1. The van der Waals surface area contributed by atoms with Crippen molar-refractivity contribution in [3.63, 3.8) is 0 Å². The first-order valence-electron chi connectivity index (χ1n) is 8.85. The summed E-state index contributed by atoms with van der Waals surface area (Å²) in [5.41, 5.74) is 2.25. The van der Waals surface area contributed by atoms with Crippen LogP contribution in [0, 0.1) is 0 Å². The average Bonchev–Trinajstić information content (AvgIpc) is 3.34. The minimum atomic E-state index is -3.62. The molecule has 9 nitrogen and oxygen atoms in total. The van der Waals surface area contributed by atoms with Gasteiger partial charge in [-0.1, -0.05) is 24.3 Å². The Bertz CT molecular complexity index is 1170. The molecule has 0 saturated heterocycles. The molecule has 2 aromatic carbocycles. The topological polar surface area (TPSA) is 118 Å². The molecule has 10 heteroatoms. The first-order valence-corrected chi connectivity index (χ1v) is 10.3. The number of benzene rings is 2. The van der Waals surface area contributed by atoms with Gasteiger partial charge in [-0.25, -0.2) is 18.1 Å². The van der Waals surface area contributed by atoms with Gasteiger partial charge in [-0.05, 0) is 36.8 Å². The Morgan fingerprint density at radius 3 is 2.69 bits per heavy atom. The van der Waals surface area contributed by atoms with Gasteiger partial charge in [0.15, 0.2) is 0 Å². The third kappa shape index (κ3) is 3.87. The van der Waals surface area contributed by atoms with Crippen molar-refractivity contribution in [1.29, 1.82) is 0 Å². The fraction of sp³-hybridized carbons (Fsp3) is 0.158. The van der Waals surface area contributed by atoms with Crippen LogP contribution in [0.2, 0.25) is 0 Å². The van der Waals surface area contributed by atoms with E-state index in [-0.39, 0.29) is 29.2 Å². The quantitative estimate of drug-likeness (QED) is 0.655. The molecular weight excluding hydrogens is 392 g/mol. The number of amidine groups is 1. The van der Waals surface area contributed by atoms with Gasteiger partial charge in [0, 0.05) is 5.56 Å². The van der Waals surface area contributed by atoms with Gasteiger partial charge in [-0.3, -0.25) is 14.5 Å². The molecule has 0 fully saturated rings. The molecule has 1 atom stereocenters. The summed E-state index contributed by atoms with van der Waals surface area (Å²) in [5, 5.41) is 6.93. The third-order valence-corrected chi connectivity index (χ3v) is 5.89. The van der Waals surface area contributed by atoms with Crippen molar-refractivity contribution in [3.8, 4) is 5.69 Å². The van der Waals surface area contributed by atoms with Crippen molar-refractivity contribution >= 4 is 21.8 Å². The molecule has 4 rings (SSSR count). The van der Waals surface area contributed by atoms with E-state index in [1.165, 1.54) is 12.4 Å². The van der Waals surface area contributed by atoms with Crippen LogP contribution in [0.3, 0.4) is 0 Å². The number of carbonyl (C=O) groups excluding carboxylic acids is 1. The highest BCUT2D eigenvalue weighted by atomic mass is 32.2. The van der Waals surface area contributed by atoms with Crippen molar-refractivity contribution in [1.82, 2.24) is 24.8 Å². The molecule has 29 heavy (non-hydrogen) atoms. The lowest BCUT2D eigenvalue weighted by Crippen LogP contribution is -2.30. The van der Waals surface area contributed by atoms with Crippen molar-refractivity contribution in [2.24, 2.45) is 4.99 Å². The summed E-state index contributed by atoms with van der Waals surface area (Å²) in [5.74, 6) is -0.130. The number of nitrogens with one attached hydrogen (secondary N) is 2. The second-order valence-electron chi connectivity index (χ2n) is 6.49. The monoisotopic (exact) mass is 410 g/mol. The van der Waals surface area contributed by atoms with Gasteiger partial charge >= 0.3 is 0 Å². The van der Waals surface area contributed by atoms with Crippen LogP contribution in [-0.2, 0) is 14.8 Å². The second kappa shape index (κ2) is 7.47. The Balaban J connectivity index is 1.41. The molecule has 0 spiro atoms. The minimum Gasteiger partial charge on any atom is -0.348 e.